The van der Waals surface area contributed by atoms with Gasteiger partial charge in [-0.1, -0.05) is 0 Å². The lowest BCUT2D eigenvalue weighted by atomic mass is 10.4. The Morgan fingerprint density at radius 2 is 2.10 bits per heavy atom. The lowest BCUT2D eigenvalue weighted by Crippen LogP contribution is -2.34. The van der Waals surface area contributed by atoms with Gasteiger partial charge in [0.25, 0.3) is 0 Å². The van der Waals surface area contributed by atoms with E-state index in [9.17, 15) is 9.59 Å². The molecule has 0 saturated heterocycles. The average Bonchev–Trinajstić information content (AvgIpc) is 2.73. The van der Waals surface area contributed by atoms with Crippen molar-refractivity contribution in [3.63, 3.8) is 0 Å². The normalized spacial score (nSPS) is 10.5. The maximum atomic E-state index is 11.7. The van der Waals surface area contributed by atoms with Crippen molar-refractivity contribution in [2.45, 2.75) is 26.9 Å². The highest BCUT2D eigenvalue weighted by Crippen LogP contribution is 2.02. The molecule has 2 aromatic heterocycles. The molecule has 0 saturated carbocycles. The fourth-order valence-electron chi connectivity index (χ4n) is 1.80. The summed E-state index contributed by atoms with van der Waals surface area (Å²) in [6, 6.07) is 1.62. The van der Waals surface area contributed by atoms with Crippen molar-refractivity contribution in [2.75, 3.05) is 6.54 Å². The van der Waals surface area contributed by atoms with Crippen LogP contribution in [0.2, 0.25) is 0 Å². The van der Waals surface area contributed by atoms with Gasteiger partial charge in [0.15, 0.2) is 0 Å². The first-order valence-electron chi connectivity index (χ1n) is 6.34. The first-order valence-corrected chi connectivity index (χ1v) is 6.34. The van der Waals surface area contributed by atoms with E-state index in [0.717, 1.165) is 11.4 Å². The molecule has 0 aromatic carbocycles. The summed E-state index contributed by atoms with van der Waals surface area (Å²) < 4.78 is 3.24. The van der Waals surface area contributed by atoms with Crippen LogP contribution in [-0.4, -0.2) is 31.6 Å². The summed E-state index contributed by atoms with van der Waals surface area (Å²) in [5, 5.41) is 2.77. The second-order valence-electron chi connectivity index (χ2n) is 4.49. The molecule has 2 aromatic rings. The molecule has 0 aliphatic rings. The topological polar surface area (TPSA) is 81.8 Å². The average molecular weight is 275 g/mol. The molecular formula is C13H17N5O2. The number of carbonyl (C=O) groups is 1. The molecule has 0 atom stereocenters. The molecule has 0 aliphatic heterocycles. The molecule has 0 aliphatic carbocycles. The highest BCUT2D eigenvalue weighted by Gasteiger charge is 2.05. The Morgan fingerprint density at radius 1 is 1.30 bits per heavy atom. The van der Waals surface area contributed by atoms with Crippen molar-refractivity contribution >= 4 is 5.91 Å². The highest BCUT2D eigenvalue weighted by atomic mass is 16.2. The van der Waals surface area contributed by atoms with Crippen LogP contribution in [0.5, 0.6) is 0 Å². The number of nitrogens with zero attached hydrogens (tertiary/aromatic N) is 4. The van der Waals surface area contributed by atoms with Gasteiger partial charge in [-0.25, -0.2) is 14.8 Å². The summed E-state index contributed by atoms with van der Waals surface area (Å²) in [5.74, 6) is -0.213. The molecule has 2 heterocycles. The van der Waals surface area contributed by atoms with Crippen LogP contribution in [0.4, 0.5) is 0 Å². The second kappa shape index (κ2) is 6.14. The number of hydrogen-bond donors (Lipinski definition) is 1. The van der Waals surface area contributed by atoms with E-state index in [1.165, 1.54) is 17.0 Å². The standard InChI is InChI=1S/C13H17N5O2/c1-10-11(2)18(9-16-10)7-5-14-12(19)8-17-6-3-4-15-13(17)20/h3-4,6,9H,5,7-8H2,1-2H3,(H,14,19). The fraction of sp³-hybridized carbons (Fsp3) is 0.385. The van der Waals surface area contributed by atoms with E-state index in [1.807, 2.05) is 18.4 Å². The molecule has 2 rings (SSSR count). The van der Waals surface area contributed by atoms with Gasteiger partial charge in [-0.15, -0.1) is 0 Å². The summed E-state index contributed by atoms with van der Waals surface area (Å²) >= 11 is 0. The number of imidazole rings is 1. The van der Waals surface area contributed by atoms with Crippen molar-refractivity contribution in [1.29, 1.82) is 0 Å². The number of rotatable bonds is 5. The molecule has 0 spiro atoms. The van der Waals surface area contributed by atoms with Crippen LogP contribution >= 0.6 is 0 Å². The maximum absolute atomic E-state index is 11.7. The number of amides is 1. The van der Waals surface area contributed by atoms with E-state index in [0.29, 0.717) is 13.1 Å². The lowest BCUT2D eigenvalue weighted by molar-refractivity contribution is -0.121. The van der Waals surface area contributed by atoms with E-state index in [-0.39, 0.29) is 12.5 Å². The second-order valence-corrected chi connectivity index (χ2v) is 4.49. The molecule has 106 valence electrons. The summed E-state index contributed by atoms with van der Waals surface area (Å²) in [6.45, 7) is 5.05. The van der Waals surface area contributed by atoms with Crippen molar-refractivity contribution in [1.82, 2.24) is 24.4 Å². The zero-order valence-corrected chi connectivity index (χ0v) is 11.5. The predicted octanol–water partition coefficient (Wildman–Crippen LogP) is -0.127. The minimum Gasteiger partial charge on any atom is -0.353 e. The summed E-state index contributed by atoms with van der Waals surface area (Å²) in [6.07, 6.45) is 4.70. The van der Waals surface area contributed by atoms with E-state index in [4.69, 9.17) is 0 Å². The Morgan fingerprint density at radius 3 is 2.75 bits per heavy atom. The Balaban J connectivity index is 1.83. The summed E-state index contributed by atoms with van der Waals surface area (Å²) in [5.41, 5.74) is 1.64. The molecule has 1 amide bonds. The molecule has 0 unspecified atom stereocenters. The SMILES string of the molecule is Cc1ncn(CCNC(=O)Cn2cccnc2=O)c1C. The zero-order valence-electron chi connectivity index (χ0n) is 11.5. The molecule has 0 radical (unpaired) electrons. The van der Waals surface area contributed by atoms with Crippen molar-refractivity contribution in [3.05, 3.63) is 46.7 Å². The van der Waals surface area contributed by atoms with Crippen LogP contribution in [0.25, 0.3) is 0 Å². The van der Waals surface area contributed by atoms with E-state index in [2.05, 4.69) is 15.3 Å². The highest BCUT2D eigenvalue weighted by molar-refractivity contribution is 5.75. The maximum Gasteiger partial charge on any atom is 0.347 e. The largest absolute Gasteiger partial charge is 0.353 e. The van der Waals surface area contributed by atoms with Gasteiger partial charge in [-0.3, -0.25) is 9.36 Å². The third kappa shape index (κ3) is 3.31. The molecular weight excluding hydrogens is 258 g/mol. The van der Waals surface area contributed by atoms with Crippen LogP contribution < -0.4 is 11.0 Å². The molecule has 0 fully saturated rings. The van der Waals surface area contributed by atoms with Gasteiger partial charge >= 0.3 is 5.69 Å². The third-order valence-electron chi connectivity index (χ3n) is 3.12. The third-order valence-corrected chi connectivity index (χ3v) is 3.12. The van der Waals surface area contributed by atoms with Crippen LogP contribution in [0.1, 0.15) is 11.4 Å². The van der Waals surface area contributed by atoms with E-state index >= 15 is 0 Å². The molecule has 0 bridgehead atoms. The van der Waals surface area contributed by atoms with Crippen LogP contribution in [0, 0.1) is 13.8 Å². The van der Waals surface area contributed by atoms with Crippen molar-refractivity contribution < 1.29 is 4.79 Å². The number of nitrogens with one attached hydrogen (secondary N) is 1. The minimum atomic E-state index is -0.427. The van der Waals surface area contributed by atoms with E-state index in [1.54, 1.807) is 12.4 Å². The summed E-state index contributed by atoms with van der Waals surface area (Å²) in [7, 11) is 0. The van der Waals surface area contributed by atoms with Gasteiger partial charge in [0, 0.05) is 31.2 Å². The molecule has 7 heteroatoms. The first-order chi connectivity index (χ1) is 9.58. The van der Waals surface area contributed by atoms with Crippen LogP contribution in [-0.2, 0) is 17.9 Å². The number of hydrogen-bond acceptors (Lipinski definition) is 4. The number of aryl methyl sites for hydroxylation is 1. The van der Waals surface area contributed by atoms with Gasteiger partial charge in [0.05, 0.1) is 12.0 Å². The summed E-state index contributed by atoms with van der Waals surface area (Å²) in [4.78, 5) is 30.9. The molecule has 1 N–H and O–H groups in total. The van der Waals surface area contributed by atoms with Gasteiger partial charge in [-0.05, 0) is 19.9 Å². The monoisotopic (exact) mass is 275 g/mol. The Bertz CT molecular complexity index is 659. The van der Waals surface area contributed by atoms with E-state index < -0.39 is 5.69 Å². The van der Waals surface area contributed by atoms with Crippen LogP contribution in [0.3, 0.4) is 0 Å². The zero-order chi connectivity index (χ0) is 14.5. The number of carbonyl (C=O) groups excluding carboxylic acids is 1. The van der Waals surface area contributed by atoms with Gasteiger partial charge in [0.1, 0.15) is 6.54 Å². The van der Waals surface area contributed by atoms with Crippen molar-refractivity contribution in [2.24, 2.45) is 0 Å². The smallest absolute Gasteiger partial charge is 0.347 e. The van der Waals surface area contributed by atoms with Gasteiger partial charge < -0.3 is 9.88 Å². The number of aromatic nitrogens is 4. The predicted molar refractivity (Wildman–Crippen MR) is 73.2 cm³/mol. The van der Waals surface area contributed by atoms with Gasteiger partial charge in [0.2, 0.25) is 5.91 Å². The fourth-order valence-corrected chi connectivity index (χ4v) is 1.80. The minimum absolute atomic E-state index is 0.0192. The Hall–Kier alpha value is -2.44. The van der Waals surface area contributed by atoms with Crippen molar-refractivity contribution in [3.8, 4) is 0 Å². The van der Waals surface area contributed by atoms with Crippen LogP contribution in [0.15, 0.2) is 29.6 Å². The first kappa shape index (κ1) is 14.0. The Kier molecular flexibility index (Phi) is 4.29. The van der Waals surface area contributed by atoms with Gasteiger partial charge in [-0.2, -0.15) is 0 Å². The lowest BCUT2D eigenvalue weighted by Gasteiger charge is -2.08. The quantitative estimate of drug-likeness (QED) is 0.824. The Labute approximate surface area is 116 Å². The molecule has 7 nitrogen and oxygen atoms in total. The molecule has 20 heavy (non-hydrogen) atoms.